The highest BCUT2D eigenvalue weighted by atomic mass is 16.5. The minimum atomic E-state index is 0.0388. The number of nitrogens with two attached hydrogens (primary N) is 1. The highest BCUT2D eigenvalue weighted by molar-refractivity contribution is 5.29. The normalized spacial score (nSPS) is 20.6. The summed E-state index contributed by atoms with van der Waals surface area (Å²) in [7, 11) is 0. The molecule has 2 unspecified atom stereocenters. The summed E-state index contributed by atoms with van der Waals surface area (Å²) in [6.45, 7) is 6.02. The van der Waals surface area contributed by atoms with E-state index in [1.165, 1.54) is 12.8 Å². The van der Waals surface area contributed by atoms with Crippen molar-refractivity contribution in [1.82, 2.24) is 10.1 Å². The Morgan fingerprint density at radius 3 is 2.60 bits per heavy atom. The number of aromatic nitrogens is 2. The van der Waals surface area contributed by atoms with Gasteiger partial charge in [0.1, 0.15) is 0 Å². The molecule has 0 spiro atoms. The van der Waals surface area contributed by atoms with Crippen molar-refractivity contribution in [2.45, 2.75) is 38.6 Å². The van der Waals surface area contributed by atoms with Crippen LogP contribution in [0.2, 0.25) is 0 Å². The van der Waals surface area contributed by atoms with Gasteiger partial charge in [0.05, 0.1) is 5.92 Å². The van der Waals surface area contributed by atoms with Crippen LogP contribution in [0.1, 0.15) is 38.5 Å². The van der Waals surface area contributed by atoms with Gasteiger partial charge in [-0.3, -0.25) is 0 Å². The third-order valence-corrected chi connectivity index (χ3v) is 3.00. The number of nitrogens with zero attached hydrogens (tertiary/aromatic N) is 3. The number of hydrogen-bond donors (Lipinski definition) is 1. The third kappa shape index (κ3) is 2.12. The first-order chi connectivity index (χ1) is 7.18. The lowest BCUT2D eigenvalue weighted by atomic mass is 10.1. The van der Waals surface area contributed by atoms with E-state index in [9.17, 15) is 0 Å². The van der Waals surface area contributed by atoms with E-state index in [1.54, 1.807) is 0 Å². The first-order valence-electron chi connectivity index (χ1n) is 5.52. The van der Waals surface area contributed by atoms with Gasteiger partial charge in [-0.1, -0.05) is 6.92 Å². The Hall–Kier alpha value is -1.10. The molecule has 5 heteroatoms. The maximum Gasteiger partial charge on any atom is 0.266 e. The Balaban J connectivity index is 2.09. The van der Waals surface area contributed by atoms with Crippen molar-refractivity contribution in [2.75, 3.05) is 18.0 Å². The van der Waals surface area contributed by atoms with Gasteiger partial charge in [0.2, 0.25) is 5.89 Å². The molecule has 0 aromatic carbocycles. The van der Waals surface area contributed by atoms with E-state index >= 15 is 0 Å². The SMILES string of the molecule is CC(N)C(C)c1nc(N2CCCC2)no1. The van der Waals surface area contributed by atoms with Crippen molar-refractivity contribution in [1.29, 1.82) is 0 Å². The van der Waals surface area contributed by atoms with Crippen LogP contribution in [0.4, 0.5) is 5.95 Å². The first-order valence-corrected chi connectivity index (χ1v) is 5.52. The maximum atomic E-state index is 5.79. The molecule has 2 atom stereocenters. The molecule has 0 aliphatic carbocycles. The van der Waals surface area contributed by atoms with E-state index in [-0.39, 0.29) is 12.0 Å². The predicted octanol–water partition coefficient (Wildman–Crippen LogP) is 1.12. The molecule has 2 heterocycles. The molecule has 1 saturated heterocycles. The highest BCUT2D eigenvalue weighted by Crippen LogP contribution is 2.21. The van der Waals surface area contributed by atoms with Crippen LogP contribution in [0.5, 0.6) is 0 Å². The summed E-state index contributed by atoms with van der Waals surface area (Å²) in [6.07, 6.45) is 2.43. The second-order valence-electron chi connectivity index (χ2n) is 4.27. The topological polar surface area (TPSA) is 68.2 Å². The average Bonchev–Trinajstić information content (AvgIpc) is 2.86. The van der Waals surface area contributed by atoms with Crippen molar-refractivity contribution >= 4 is 5.95 Å². The Bertz CT molecular complexity index is 300. The summed E-state index contributed by atoms with van der Waals surface area (Å²) in [5.41, 5.74) is 5.79. The summed E-state index contributed by atoms with van der Waals surface area (Å²) >= 11 is 0. The van der Waals surface area contributed by atoms with Gasteiger partial charge in [-0.2, -0.15) is 4.98 Å². The first kappa shape index (κ1) is 10.4. The fourth-order valence-corrected chi connectivity index (χ4v) is 1.68. The molecule has 1 fully saturated rings. The largest absolute Gasteiger partial charge is 0.338 e. The molecule has 1 aromatic heterocycles. The Kier molecular flexibility index (Phi) is 2.90. The zero-order chi connectivity index (χ0) is 10.8. The molecule has 1 aromatic rings. The van der Waals surface area contributed by atoms with Crippen LogP contribution >= 0.6 is 0 Å². The van der Waals surface area contributed by atoms with Gasteiger partial charge >= 0.3 is 0 Å². The molecular formula is C10H18N4O. The zero-order valence-corrected chi connectivity index (χ0v) is 9.31. The molecule has 84 valence electrons. The van der Waals surface area contributed by atoms with Gasteiger partial charge in [-0.25, -0.2) is 0 Å². The summed E-state index contributed by atoms with van der Waals surface area (Å²) in [4.78, 5) is 6.54. The van der Waals surface area contributed by atoms with Crippen LogP contribution in [0.3, 0.4) is 0 Å². The average molecular weight is 210 g/mol. The number of anilines is 1. The van der Waals surface area contributed by atoms with Gasteiger partial charge in [-0.05, 0) is 24.9 Å². The van der Waals surface area contributed by atoms with E-state index in [0.717, 1.165) is 19.0 Å². The molecule has 1 aliphatic rings. The van der Waals surface area contributed by atoms with Crippen LogP contribution in [0, 0.1) is 0 Å². The van der Waals surface area contributed by atoms with Gasteiger partial charge in [-0.15, -0.1) is 0 Å². The molecule has 0 radical (unpaired) electrons. The van der Waals surface area contributed by atoms with Crippen molar-refractivity contribution in [2.24, 2.45) is 5.73 Å². The lowest BCUT2D eigenvalue weighted by Crippen LogP contribution is -2.23. The Morgan fingerprint density at radius 2 is 2.00 bits per heavy atom. The fourth-order valence-electron chi connectivity index (χ4n) is 1.68. The van der Waals surface area contributed by atoms with E-state index in [4.69, 9.17) is 10.3 Å². The van der Waals surface area contributed by atoms with Crippen LogP contribution in [-0.4, -0.2) is 29.3 Å². The Labute approximate surface area is 89.6 Å². The molecule has 0 amide bonds. The zero-order valence-electron chi connectivity index (χ0n) is 9.31. The van der Waals surface area contributed by atoms with Gasteiger partial charge < -0.3 is 15.2 Å². The number of hydrogen-bond acceptors (Lipinski definition) is 5. The monoisotopic (exact) mass is 210 g/mol. The lowest BCUT2D eigenvalue weighted by Gasteiger charge is -2.11. The van der Waals surface area contributed by atoms with E-state index in [1.807, 2.05) is 13.8 Å². The molecule has 1 aliphatic heterocycles. The van der Waals surface area contributed by atoms with Crippen molar-refractivity contribution in [3.8, 4) is 0 Å². The molecule has 2 N–H and O–H groups in total. The molecule has 0 saturated carbocycles. The highest BCUT2D eigenvalue weighted by Gasteiger charge is 2.22. The van der Waals surface area contributed by atoms with E-state index in [0.29, 0.717) is 5.89 Å². The minimum absolute atomic E-state index is 0.0388. The minimum Gasteiger partial charge on any atom is -0.338 e. The van der Waals surface area contributed by atoms with Crippen LogP contribution < -0.4 is 10.6 Å². The molecular weight excluding hydrogens is 192 g/mol. The summed E-state index contributed by atoms with van der Waals surface area (Å²) < 4.78 is 5.22. The molecule has 5 nitrogen and oxygen atoms in total. The van der Waals surface area contributed by atoms with E-state index in [2.05, 4.69) is 15.0 Å². The maximum absolute atomic E-state index is 5.79. The van der Waals surface area contributed by atoms with Crippen LogP contribution in [0.15, 0.2) is 4.52 Å². The second kappa shape index (κ2) is 4.18. The summed E-state index contributed by atoms with van der Waals surface area (Å²) in [6, 6.07) is 0.0388. The standard InChI is InChI=1S/C10H18N4O/c1-7(8(2)11)9-12-10(13-15-9)14-5-3-4-6-14/h7-8H,3-6,11H2,1-2H3. The number of rotatable bonds is 3. The molecule has 0 bridgehead atoms. The van der Waals surface area contributed by atoms with Gasteiger partial charge in [0.25, 0.3) is 5.95 Å². The van der Waals surface area contributed by atoms with Gasteiger partial charge in [0, 0.05) is 19.1 Å². The lowest BCUT2D eigenvalue weighted by molar-refractivity contribution is 0.346. The molecule has 15 heavy (non-hydrogen) atoms. The second-order valence-corrected chi connectivity index (χ2v) is 4.27. The Morgan fingerprint density at radius 1 is 1.33 bits per heavy atom. The predicted molar refractivity (Wildman–Crippen MR) is 57.8 cm³/mol. The van der Waals surface area contributed by atoms with E-state index < -0.39 is 0 Å². The summed E-state index contributed by atoms with van der Waals surface area (Å²) in [5, 5.41) is 3.99. The smallest absolute Gasteiger partial charge is 0.266 e. The van der Waals surface area contributed by atoms with Crippen LogP contribution in [0.25, 0.3) is 0 Å². The van der Waals surface area contributed by atoms with Crippen molar-refractivity contribution in [3.05, 3.63) is 5.89 Å². The van der Waals surface area contributed by atoms with Crippen molar-refractivity contribution in [3.63, 3.8) is 0 Å². The third-order valence-electron chi connectivity index (χ3n) is 3.00. The fraction of sp³-hybridized carbons (Fsp3) is 0.800. The quantitative estimate of drug-likeness (QED) is 0.809. The summed E-state index contributed by atoms with van der Waals surface area (Å²) in [5.74, 6) is 1.48. The van der Waals surface area contributed by atoms with Crippen molar-refractivity contribution < 1.29 is 4.52 Å². The van der Waals surface area contributed by atoms with Gasteiger partial charge in [0.15, 0.2) is 0 Å². The molecule has 2 rings (SSSR count). The van der Waals surface area contributed by atoms with Crippen LogP contribution in [-0.2, 0) is 0 Å².